The van der Waals surface area contributed by atoms with Crippen LogP contribution in [-0.4, -0.2) is 17.1 Å². The van der Waals surface area contributed by atoms with Gasteiger partial charge in [-0.05, 0) is 53.0 Å². The third-order valence-corrected chi connectivity index (χ3v) is 5.15. The molecule has 3 rings (SSSR count). The molecule has 0 bridgehead atoms. The Morgan fingerprint density at radius 2 is 1.82 bits per heavy atom. The topological polar surface area (TPSA) is 56.3 Å². The number of benzene rings is 2. The van der Waals surface area contributed by atoms with Crippen molar-refractivity contribution in [2.75, 3.05) is 12.4 Å². The van der Waals surface area contributed by atoms with Gasteiger partial charge >= 0.3 is 0 Å². The molecule has 1 aromatic heterocycles. The number of nitrogens with one attached hydrogen (secondary N) is 1. The zero-order valence-electron chi connectivity index (χ0n) is 15.9. The summed E-state index contributed by atoms with van der Waals surface area (Å²) >= 11 is 9.90. The molecule has 0 amide bonds. The molecule has 2 aromatic carbocycles. The zero-order valence-corrected chi connectivity index (χ0v) is 18.3. The molecule has 28 heavy (non-hydrogen) atoms. The lowest BCUT2D eigenvalue weighted by Gasteiger charge is -2.15. The lowest BCUT2D eigenvalue weighted by atomic mass is 10.2. The van der Waals surface area contributed by atoms with Gasteiger partial charge in [0, 0.05) is 6.54 Å². The highest BCUT2D eigenvalue weighted by Gasteiger charge is 2.13. The molecule has 1 heterocycles. The van der Waals surface area contributed by atoms with E-state index in [1.165, 1.54) is 0 Å². The molecule has 0 spiro atoms. The van der Waals surface area contributed by atoms with E-state index in [9.17, 15) is 0 Å². The van der Waals surface area contributed by atoms with Crippen LogP contribution in [0.25, 0.3) is 0 Å². The second-order valence-corrected chi connectivity index (χ2v) is 7.49. The number of ether oxygens (including phenoxy) is 2. The van der Waals surface area contributed by atoms with Crippen LogP contribution >= 0.6 is 27.5 Å². The minimum Gasteiger partial charge on any atom is -0.493 e. The van der Waals surface area contributed by atoms with Crippen LogP contribution in [0, 0.1) is 13.8 Å². The maximum absolute atomic E-state index is 6.30. The third kappa shape index (κ3) is 4.94. The van der Waals surface area contributed by atoms with Crippen molar-refractivity contribution in [3.8, 4) is 11.5 Å². The molecule has 7 heteroatoms. The normalized spacial score (nSPS) is 10.6. The summed E-state index contributed by atoms with van der Waals surface area (Å²) in [6.45, 7) is 4.69. The first-order valence-corrected chi connectivity index (χ1v) is 9.92. The number of hydrogen-bond acceptors (Lipinski definition) is 5. The van der Waals surface area contributed by atoms with E-state index in [2.05, 4.69) is 31.2 Å². The number of hydrogen-bond donors (Lipinski definition) is 1. The predicted octanol–water partition coefficient (Wildman–Crippen LogP) is 5.71. The summed E-state index contributed by atoms with van der Waals surface area (Å²) in [4.78, 5) is 8.63. The zero-order chi connectivity index (χ0) is 20.1. The van der Waals surface area contributed by atoms with Crippen molar-refractivity contribution in [1.29, 1.82) is 0 Å². The summed E-state index contributed by atoms with van der Waals surface area (Å²) in [5.74, 6) is 2.61. The summed E-state index contributed by atoms with van der Waals surface area (Å²) in [7, 11) is 1.63. The molecule has 0 atom stereocenters. The van der Waals surface area contributed by atoms with Gasteiger partial charge in [0.15, 0.2) is 11.5 Å². The van der Waals surface area contributed by atoms with E-state index >= 15 is 0 Å². The van der Waals surface area contributed by atoms with E-state index in [4.69, 9.17) is 21.1 Å². The molecule has 3 aromatic rings. The number of methoxy groups -OCH3 is 1. The largest absolute Gasteiger partial charge is 0.493 e. The van der Waals surface area contributed by atoms with Gasteiger partial charge in [-0.1, -0.05) is 41.9 Å². The number of nitrogens with zero attached hydrogens (tertiary/aromatic N) is 2. The maximum Gasteiger partial charge on any atom is 0.175 e. The van der Waals surface area contributed by atoms with Gasteiger partial charge in [-0.2, -0.15) is 0 Å². The lowest BCUT2D eigenvalue weighted by Crippen LogP contribution is -2.06. The van der Waals surface area contributed by atoms with Crippen molar-refractivity contribution >= 4 is 33.3 Å². The van der Waals surface area contributed by atoms with E-state index in [1.54, 1.807) is 7.11 Å². The molecule has 5 nitrogen and oxygen atoms in total. The van der Waals surface area contributed by atoms with Crippen LogP contribution in [0.5, 0.6) is 11.5 Å². The predicted molar refractivity (Wildman–Crippen MR) is 115 cm³/mol. The Morgan fingerprint density at radius 1 is 1.07 bits per heavy atom. The van der Waals surface area contributed by atoms with Crippen LogP contribution in [0.1, 0.15) is 22.6 Å². The molecule has 0 saturated carbocycles. The van der Waals surface area contributed by atoms with Crippen LogP contribution in [0.3, 0.4) is 0 Å². The van der Waals surface area contributed by atoms with Crippen molar-refractivity contribution in [3.05, 3.63) is 74.6 Å². The van der Waals surface area contributed by atoms with E-state index in [0.29, 0.717) is 41.3 Å². The molecule has 0 fully saturated rings. The van der Waals surface area contributed by atoms with Gasteiger partial charge in [0.25, 0.3) is 0 Å². The van der Waals surface area contributed by atoms with Crippen molar-refractivity contribution in [2.45, 2.75) is 27.0 Å². The molecule has 0 saturated heterocycles. The first-order valence-electron chi connectivity index (χ1n) is 8.75. The van der Waals surface area contributed by atoms with Crippen molar-refractivity contribution in [1.82, 2.24) is 9.97 Å². The van der Waals surface area contributed by atoms with Crippen LogP contribution in [0.2, 0.25) is 5.02 Å². The average Bonchev–Trinajstić information content (AvgIpc) is 2.69. The Balaban J connectivity index is 1.76. The SMILES string of the molecule is COc1cc(CNc2nc(C)nc(C)c2Cl)cc(Br)c1OCc1ccccc1. The summed E-state index contributed by atoms with van der Waals surface area (Å²) in [6, 6.07) is 13.9. The minimum atomic E-state index is 0.461. The van der Waals surface area contributed by atoms with Gasteiger partial charge in [-0.15, -0.1) is 0 Å². The second kappa shape index (κ2) is 9.26. The van der Waals surface area contributed by atoms with Crippen LogP contribution in [0.15, 0.2) is 46.9 Å². The fourth-order valence-corrected chi connectivity index (χ4v) is 3.50. The maximum atomic E-state index is 6.30. The summed E-state index contributed by atoms with van der Waals surface area (Å²) < 4.78 is 12.3. The van der Waals surface area contributed by atoms with Crippen LogP contribution < -0.4 is 14.8 Å². The van der Waals surface area contributed by atoms with Crippen LogP contribution in [0.4, 0.5) is 5.82 Å². The van der Waals surface area contributed by atoms with Crippen LogP contribution in [-0.2, 0) is 13.2 Å². The molecular formula is C21H21BrClN3O2. The molecule has 0 aliphatic carbocycles. The molecular weight excluding hydrogens is 442 g/mol. The van der Waals surface area contributed by atoms with E-state index < -0.39 is 0 Å². The third-order valence-electron chi connectivity index (χ3n) is 4.10. The molecule has 0 aliphatic rings. The number of aryl methyl sites for hydroxylation is 2. The number of aromatic nitrogens is 2. The quantitative estimate of drug-likeness (QED) is 0.487. The Kier molecular flexibility index (Phi) is 6.75. The Hall–Kier alpha value is -2.31. The minimum absolute atomic E-state index is 0.461. The van der Waals surface area contributed by atoms with Gasteiger partial charge in [0.05, 0.1) is 17.3 Å². The summed E-state index contributed by atoms with van der Waals surface area (Å²) in [5.41, 5.74) is 2.84. The van der Waals surface area contributed by atoms with Gasteiger partial charge < -0.3 is 14.8 Å². The van der Waals surface area contributed by atoms with E-state index in [0.717, 1.165) is 21.3 Å². The highest BCUT2D eigenvalue weighted by molar-refractivity contribution is 9.10. The second-order valence-electron chi connectivity index (χ2n) is 6.26. The van der Waals surface area contributed by atoms with Crippen molar-refractivity contribution in [3.63, 3.8) is 0 Å². The van der Waals surface area contributed by atoms with Gasteiger partial charge in [0.1, 0.15) is 23.3 Å². The van der Waals surface area contributed by atoms with Gasteiger partial charge in [-0.3, -0.25) is 0 Å². The molecule has 0 unspecified atom stereocenters. The Morgan fingerprint density at radius 3 is 2.54 bits per heavy atom. The highest BCUT2D eigenvalue weighted by atomic mass is 79.9. The van der Waals surface area contributed by atoms with E-state index in [1.807, 2.05) is 56.3 Å². The van der Waals surface area contributed by atoms with Crippen molar-refractivity contribution in [2.24, 2.45) is 0 Å². The molecule has 0 radical (unpaired) electrons. The standard InChI is InChI=1S/C21H21BrClN3O2/c1-13-19(23)21(26-14(2)25-13)24-11-16-9-17(22)20(18(10-16)27-3)28-12-15-7-5-4-6-8-15/h4-10H,11-12H2,1-3H3,(H,24,25,26). The van der Waals surface area contributed by atoms with Gasteiger partial charge in [0.2, 0.25) is 0 Å². The monoisotopic (exact) mass is 461 g/mol. The molecule has 0 aliphatic heterocycles. The Labute approximate surface area is 178 Å². The van der Waals surface area contributed by atoms with Crippen molar-refractivity contribution < 1.29 is 9.47 Å². The number of anilines is 1. The number of rotatable bonds is 7. The average molecular weight is 463 g/mol. The molecule has 1 N–H and O–H groups in total. The Bertz CT molecular complexity index is 968. The first-order chi connectivity index (χ1) is 13.5. The fraction of sp³-hybridized carbons (Fsp3) is 0.238. The van der Waals surface area contributed by atoms with E-state index in [-0.39, 0.29) is 0 Å². The molecule has 146 valence electrons. The lowest BCUT2D eigenvalue weighted by molar-refractivity contribution is 0.282. The fourth-order valence-electron chi connectivity index (χ4n) is 2.75. The summed E-state index contributed by atoms with van der Waals surface area (Å²) in [6.07, 6.45) is 0. The first kappa shape index (κ1) is 20.4. The smallest absolute Gasteiger partial charge is 0.175 e. The number of halogens is 2. The summed E-state index contributed by atoms with van der Waals surface area (Å²) in [5, 5.41) is 3.79. The highest BCUT2D eigenvalue weighted by Crippen LogP contribution is 2.37. The van der Waals surface area contributed by atoms with Gasteiger partial charge in [-0.25, -0.2) is 9.97 Å².